The van der Waals surface area contributed by atoms with Gasteiger partial charge in [-0.2, -0.15) is 0 Å². The normalized spacial score (nSPS) is 11.8. The molecular formula is C25H32N2O6. The highest BCUT2D eigenvalue weighted by Gasteiger charge is 2.26. The Hall–Kier alpha value is -3.55. The van der Waals surface area contributed by atoms with E-state index in [0.29, 0.717) is 24.5 Å². The van der Waals surface area contributed by atoms with Crippen molar-refractivity contribution in [2.24, 2.45) is 0 Å². The Kier molecular flexibility index (Phi) is 8.85. The predicted molar refractivity (Wildman–Crippen MR) is 124 cm³/mol. The highest BCUT2D eigenvalue weighted by atomic mass is 16.6. The maximum absolute atomic E-state index is 12.4. The van der Waals surface area contributed by atoms with E-state index in [2.05, 4.69) is 10.1 Å². The molecule has 8 heteroatoms. The number of hydrogen-bond donors (Lipinski definition) is 1. The van der Waals surface area contributed by atoms with Crippen LogP contribution < -0.4 is 10.1 Å². The van der Waals surface area contributed by atoms with Crippen LogP contribution in [-0.4, -0.2) is 48.7 Å². The van der Waals surface area contributed by atoms with Gasteiger partial charge in [-0.3, -0.25) is 9.69 Å². The van der Waals surface area contributed by atoms with E-state index >= 15 is 0 Å². The third-order valence-corrected chi connectivity index (χ3v) is 4.81. The van der Waals surface area contributed by atoms with E-state index in [1.165, 1.54) is 19.1 Å². The highest BCUT2D eigenvalue weighted by molar-refractivity contribution is 5.89. The average Bonchev–Trinajstić information content (AvgIpc) is 2.79. The van der Waals surface area contributed by atoms with Gasteiger partial charge in [0.2, 0.25) is 5.91 Å². The second-order valence-corrected chi connectivity index (χ2v) is 8.61. The Morgan fingerprint density at radius 1 is 0.970 bits per heavy atom. The molecule has 0 aliphatic heterocycles. The maximum Gasteiger partial charge on any atom is 0.410 e. The molecule has 2 aromatic rings. The van der Waals surface area contributed by atoms with Gasteiger partial charge in [0.25, 0.3) is 0 Å². The minimum absolute atomic E-state index is 0.279. The third kappa shape index (κ3) is 8.14. The lowest BCUT2D eigenvalue weighted by molar-refractivity contribution is -0.125. The monoisotopic (exact) mass is 456 g/mol. The molecule has 0 radical (unpaired) electrons. The van der Waals surface area contributed by atoms with Crippen LogP contribution in [-0.2, 0) is 27.4 Å². The maximum atomic E-state index is 12.4. The molecule has 0 saturated heterocycles. The van der Waals surface area contributed by atoms with E-state index in [1.54, 1.807) is 39.8 Å². The molecule has 8 nitrogen and oxygen atoms in total. The van der Waals surface area contributed by atoms with Crippen molar-refractivity contribution in [2.45, 2.75) is 52.5 Å². The SMILES string of the molecule is COC(=O)c1ccc(COc2ccc(CNC(=O)[C@H](C)N(C)C(=O)OC(C)(C)C)cc2)cc1. The summed E-state index contributed by atoms with van der Waals surface area (Å²) in [5, 5.41) is 2.83. The molecule has 33 heavy (non-hydrogen) atoms. The lowest BCUT2D eigenvalue weighted by atomic mass is 10.1. The molecule has 0 spiro atoms. The molecule has 0 unspecified atom stereocenters. The number of benzene rings is 2. The fraction of sp³-hybridized carbons (Fsp3) is 0.400. The molecule has 0 aliphatic rings. The van der Waals surface area contributed by atoms with Gasteiger partial charge in [-0.1, -0.05) is 24.3 Å². The van der Waals surface area contributed by atoms with Crippen LogP contribution >= 0.6 is 0 Å². The topological polar surface area (TPSA) is 94.2 Å². The van der Waals surface area contributed by atoms with Crippen molar-refractivity contribution in [3.05, 3.63) is 65.2 Å². The number of hydrogen-bond acceptors (Lipinski definition) is 6. The Morgan fingerprint density at radius 3 is 2.09 bits per heavy atom. The van der Waals surface area contributed by atoms with Gasteiger partial charge in [0.05, 0.1) is 12.7 Å². The molecule has 0 heterocycles. The minimum atomic E-state index is -0.673. The zero-order chi connectivity index (χ0) is 24.6. The minimum Gasteiger partial charge on any atom is -0.489 e. The molecule has 0 fully saturated rings. The molecule has 1 N–H and O–H groups in total. The predicted octanol–water partition coefficient (Wildman–Crippen LogP) is 3.92. The first-order valence-corrected chi connectivity index (χ1v) is 10.6. The average molecular weight is 457 g/mol. The standard InChI is InChI=1S/C25H32N2O6/c1-17(27(5)24(30)33-25(2,3)4)22(28)26-15-18-9-13-21(14-10-18)32-16-19-7-11-20(12-8-19)23(29)31-6/h7-14,17H,15-16H2,1-6H3,(H,26,28)/t17-/m0/s1. The number of esters is 1. The number of likely N-dealkylation sites (N-methyl/N-ethyl adjacent to an activating group) is 1. The van der Waals surface area contributed by atoms with Crippen LogP contribution in [0.15, 0.2) is 48.5 Å². The zero-order valence-electron chi connectivity index (χ0n) is 20.0. The number of carbonyl (C=O) groups excluding carboxylic acids is 3. The van der Waals surface area contributed by atoms with Crippen LogP contribution in [0, 0.1) is 0 Å². The third-order valence-electron chi connectivity index (χ3n) is 4.81. The molecule has 0 bridgehead atoms. The first-order valence-electron chi connectivity index (χ1n) is 10.6. The number of ether oxygens (including phenoxy) is 3. The largest absolute Gasteiger partial charge is 0.489 e. The Labute approximate surface area is 194 Å². The summed E-state index contributed by atoms with van der Waals surface area (Å²) in [6, 6.07) is 13.7. The van der Waals surface area contributed by atoms with Gasteiger partial charge >= 0.3 is 12.1 Å². The van der Waals surface area contributed by atoms with Crippen molar-refractivity contribution >= 4 is 18.0 Å². The molecule has 2 amide bonds. The van der Waals surface area contributed by atoms with Gasteiger partial charge in [-0.05, 0) is 63.1 Å². The second-order valence-electron chi connectivity index (χ2n) is 8.61. The zero-order valence-corrected chi connectivity index (χ0v) is 20.0. The molecule has 2 aromatic carbocycles. The number of nitrogens with one attached hydrogen (secondary N) is 1. The van der Waals surface area contributed by atoms with Crippen molar-refractivity contribution in [2.75, 3.05) is 14.2 Å². The Morgan fingerprint density at radius 2 is 1.55 bits per heavy atom. The molecule has 0 aromatic heterocycles. The van der Waals surface area contributed by atoms with Crippen molar-refractivity contribution in [3.8, 4) is 5.75 Å². The summed E-state index contributed by atoms with van der Waals surface area (Å²) in [6.45, 7) is 7.65. The summed E-state index contributed by atoms with van der Waals surface area (Å²) in [6.07, 6.45) is -0.549. The Balaban J connectivity index is 1.82. The molecule has 178 valence electrons. The fourth-order valence-electron chi connectivity index (χ4n) is 2.73. The van der Waals surface area contributed by atoms with E-state index in [1.807, 2.05) is 36.4 Å². The lowest BCUT2D eigenvalue weighted by Gasteiger charge is -2.28. The number of carbonyl (C=O) groups is 3. The van der Waals surface area contributed by atoms with Crippen LogP contribution in [0.2, 0.25) is 0 Å². The smallest absolute Gasteiger partial charge is 0.410 e. The fourth-order valence-corrected chi connectivity index (χ4v) is 2.73. The van der Waals surface area contributed by atoms with E-state index in [4.69, 9.17) is 9.47 Å². The Bertz CT molecular complexity index is 948. The second kappa shape index (κ2) is 11.4. The van der Waals surface area contributed by atoms with E-state index in [-0.39, 0.29) is 11.9 Å². The first-order chi connectivity index (χ1) is 15.5. The number of methoxy groups -OCH3 is 1. The van der Waals surface area contributed by atoms with Crippen molar-refractivity contribution in [1.29, 1.82) is 0 Å². The molecule has 2 rings (SSSR count). The highest BCUT2D eigenvalue weighted by Crippen LogP contribution is 2.15. The lowest BCUT2D eigenvalue weighted by Crippen LogP contribution is -2.47. The molecule has 1 atom stereocenters. The molecule has 0 aliphatic carbocycles. The van der Waals surface area contributed by atoms with Gasteiger partial charge in [-0.15, -0.1) is 0 Å². The van der Waals surface area contributed by atoms with Crippen molar-refractivity contribution in [3.63, 3.8) is 0 Å². The molecule has 0 saturated carbocycles. The van der Waals surface area contributed by atoms with Crippen LogP contribution in [0.25, 0.3) is 0 Å². The van der Waals surface area contributed by atoms with Crippen LogP contribution in [0.4, 0.5) is 4.79 Å². The van der Waals surface area contributed by atoms with Crippen LogP contribution in [0.1, 0.15) is 49.2 Å². The summed E-state index contributed by atoms with van der Waals surface area (Å²) >= 11 is 0. The van der Waals surface area contributed by atoms with Gasteiger partial charge in [0, 0.05) is 13.6 Å². The van der Waals surface area contributed by atoms with E-state index in [9.17, 15) is 14.4 Å². The summed E-state index contributed by atoms with van der Waals surface area (Å²) in [7, 11) is 2.88. The number of amides is 2. The summed E-state index contributed by atoms with van der Waals surface area (Å²) in [5.74, 6) is 0.0234. The van der Waals surface area contributed by atoms with Gasteiger partial charge in [0.1, 0.15) is 24.0 Å². The number of rotatable bonds is 8. The quantitative estimate of drug-likeness (QED) is 0.605. The van der Waals surface area contributed by atoms with E-state index < -0.39 is 17.7 Å². The summed E-state index contributed by atoms with van der Waals surface area (Å²) in [4.78, 5) is 37.3. The van der Waals surface area contributed by atoms with Crippen LogP contribution in [0.5, 0.6) is 5.75 Å². The van der Waals surface area contributed by atoms with Gasteiger partial charge in [-0.25, -0.2) is 9.59 Å². The summed E-state index contributed by atoms with van der Waals surface area (Å²) < 4.78 is 15.8. The van der Waals surface area contributed by atoms with Crippen molar-refractivity contribution in [1.82, 2.24) is 10.2 Å². The first kappa shape index (κ1) is 25.7. The number of nitrogens with zero attached hydrogens (tertiary/aromatic N) is 1. The van der Waals surface area contributed by atoms with Crippen LogP contribution in [0.3, 0.4) is 0 Å². The molecular weight excluding hydrogens is 424 g/mol. The van der Waals surface area contributed by atoms with Gasteiger partial charge in [0.15, 0.2) is 0 Å². The van der Waals surface area contributed by atoms with E-state index in [0.717, 1.165) is 11.1 Å². The van der Waals surface area contributed by atoms with Crippen molar-refractivity contribution < 1.29 is 28.6 Å². The summed E-state index contributed by atoms with van der Waals surface area (Å²) in [5.41, 5.74) is 1.67. The van der Waals surface area contributed by atoms with Gasteiger partial charge < -0.3 is 19.5 Å².